The lowest BCUT2D eigenvalue weighted by Gasteiger charge is -2.47. The van der Waals surface area contributed by atoms with Gasteiger partial charge in [0.1, 0.15) is 5.78 Å². The van der Waals surface area contributed by atoms with E-state index < -0.39 is 5.41 Å². The number of hydrogen-bond acceptors (Lipinski definition) is 3. The van der Waals surface area contributed by atoms with Crippen molar-refractivity contribution in [2.45, 2.75) is 58.8 Å². The molecule has 0 amide bonds. The van der Waals surface area contributed by atoms with Crippen molar-refractivity contribution < 1.29 is 14.6 Å². The molecule has 1 N–H and O–H groups in total. The van der Waals surface area contributed by atoms with Gasteiger partial charge in [-0.05, 0) is 42.1 Å². The van der Waals surface area contributed by atoms with E-state index in [-0.39, 0.29) is 24.0 Å². The van der Waals surface area contributed by atoms with Crippen molar-refractivity contribution in [3.8, 4) is 0 Å². The highest BCUT2D eigenvalue weighted by Gasteiger charge is 2.69. The quantitative estimate of drug-likeness (QED) is 0.791. The molecule has 5 rings (SSSR count). The van der Waals surface area contributed by atoms with Crippen LogP contribution in [0.15, 0.2) is 42.0 Å². The Kier molecular flexibility index (Phi) is 4.33. The van der Waals surface area contributed by atoms with Crippen LogP contribution in [0.3, 0.4) is 0 Å². The largest absolute Gasteiger partial charge is 0.393 e. The third kappa shape index (κ3) is 2.39. The van der Waals surface area contributed by atoms with Crippen LogP contribution in [0.1, 0.15) is 45.6 Å². The van der Waals surface area contributed by atoms with Gasteiger partial charge in [0.15, 0.2) is 0 Å². The van der Waals surface area contributed by atoms with E-state index in [1.807, 2.05) is 6.07 Å². The number of aliphatic hydroxyl groups excluding tert-OH is 1. The molecule has 28 heavy (non-hydrogen) atoms. The lowest BCUT2D eigenvalue weighted by atomic mass is 9.56. The lowest BCUT2D eigenvalue weighted by Crippen LogP contribution is -2.48. The molecule has 0 aromatic heterocycles. The van der Waals surface area contributed by atoms with E-state index >= 15 is 0 Å². The van der Waals surface area contributed by atoms with Crippen LogP contribution in [-0.4, -0.2) is 23.1 Å². The summed E-state index contributed by atoms with van der Waals surface area (Å²) in [5, 5.41) is 11.1. The number of benzene rings is 1. The maximum absolute atomic E-state index is 13.3. The van der Waals surface area contributed by atoms with Gasteiger partial charge in [-0.3, -0.25) is 4.79 Å². The number of fused-ring (bicyclic) bond motifs is 2. The summed E-state index contributed by atoms with van der Waals surface area (Å²) in [6.07, 6.45) is 4.66. The average molecular weight is 381 g/mol. The number of ketones is 1. The van der Waals surface area contributed by atoms with Crippen molar-refractivity contribution in [3.05, 3.63) is 47.5 Å². The Morgan fingerprint density at radius 2 is 1.89 bits per heavy atom. The summed E-state index contributed by atoms with van der Waals surface area (Å²) in [6, 6.07) is 10.4. The molecule has 1 spiro atoms. The number of carbonyl (C=O) groups excluding carboxylic acids is 1. The van der Waals surface area contributed by atoms with Gasteiger partial charge in [0, 0.05) is 18.3 Å². The summed E-state index contributed by atoms with van der Waals surface area (Å²) >= 11 is 0. The molecule has 4 aliphatic rings. The molecule has 4 aliphatic carbocycles. The third-order valence-electron chi connectivity index (χ3n) is 8.50. The van der Waals surface area contributed by atoms with Gasteiger partial charge in [0.25, 0.3) is 0 Å². The third-order valence-corrected chi connectivity index (χ3v) is 8.50. The van der Waals surface area contributed by atoms with Crippen LogP contribution in [0.4, 0.5) is 0 Å². The molecule has 150 valence electrons. The van der Waals surface area contributed by atoms with Crippen molar-refractivity contribution in [1.82, 2.24) is 0 Å². The summed E-state index contributed by atoms with van der Waals surface area (Å²) in [5.74, 6) is 2.14. The summed E-state index contributed by atoms with van der Waals surface area (Å²) in [6.45, 7) is 7.32. The van der Waals surface area contributed by atoms with Crippen LogP contribution in [0.5, 0.6) is 0 Å². The highest BCUT2D eigenvalue weighted by atomic mass is 16.5. The second kappa shape index (κ2) is 6.53. The summed E-state index contributed by atoms with van der Waals surface area (Å²) in [7, 11) is 0. The van der Waals surface area contributed by atoms with Crippen LogP contribution in [0.2, 0.25) is 0 Å². The number of ether oxygens (including phenoxy) is 1. The Morgan fingerprint density at radius 1 is 1.14 bits per heavy atom. The Labute approximate surface area is 168 Å². The van der Waals surface area contributed by atoms with Crippen LogP contribution >= 0.6 is 0 Å². The number of Topliss-reactive ketones (excluding diaryl/α,β-unsaturated/α-hetero) is 1. The van der Waals surface area contributed by atoms with Crippen LogP contribution in [0.25, 0.3) is 0 Å². The fourth-order valence-electron chi connectivity index (χ4n) is 7.54. The van der Waals surface area contributed by atoms with Gasteiger partial charge in [0.05, 0.1) is 24.2 Å². The van der Waals surface area contributed by atoms with Gasteiger partial charge in [-0.1, -0.05) is 62.8 Å². The van der Waals surface area contributed by atoms with E-state index in [1.54, 1.807) is 0 Å². The van der Waals surface area contributed by atoms with Gasteiger partial charge in [-0.15, -0.1) is 0 Å². The summed E-state index contributed by atoms with van der Waals surface area (Å²) in [5.41, 5.74) is 2.13. The van der Waals surface area contributed by atoms with E-state index in [0.29, 0.717) is 42.5 Å². The van der Waals surface area contributed by atoms with E-state index in [1.165, 1.54) is 11.1 Å². The molecule has 0 bridgehead atoms. The van der Waals surface area contributed by atoms with Gasteiger partial charge in [0.2, 0.25) is 0 Å². The molecule has 3 fully saturated rings. The first-order valence-corrected chi connectivity index (χ1v) is 11.0. The second-order valence-electron chi connectivity index (χ2n) is 9.95. The highest BCUT2D eigenvalue weighted by molar-refractivity contribution is 5.93. The van der Waals surface area contributed by atoms with Gasteiger partial charge >= 0.3 is 0 Å². The summed E-state index contributed by atoms with van der Waals surface area (Å²) in [4.78, 5) is 13.3. The molecule has 0 radical (unpaired) electrons. The molecule has 1 aromatic rings. The number of carbonyl (C=O) groups is 1. The predicted molar refractivity (Wildman–Crippen MR) is 108 cm³/mol. The zero-order valence-electron chi connectivity index (χ0n) is 17.2. The van der Waals surface area contributed by atoms with E-state index in [4.69, 9.17) is 4.74 Å². The molecule has 3 nitrogen and oxygen atoms in total. The minimum absolute atomic E-state index is 0.0743. The van der Waals surface area contributed by atoms with E-state index in [0.717, 1.165) is 12.8 Å². The Hall–Kier alpha value is -1.45. The van der Waals surface area contributed by atoms with E-state index in [2.05, 4.69) is 51.1 Å². The molecule has 3 saturated carbocycles. The van der Waals surface area contributed by atoms with Gasteiger partial charge < -0.3 is 9.84 Å². The molecule has 0 unspecified atom stereocenters. The minimum atomic E-state index is -0.400. The van der Waals surface area contributed by atoms with Crippen molar-refractivity contribution in [3.63, 3.8) is 0 Å². The standard InChI is InChI=1S/C25H32O3/c1-14-10-22(27)25-16(3)11-20(26)24(25)23-15(2)9-21(18(23)12-19(14)25)28-13-17-7-5-4-6-8-17/h4-8,12,14-16,18,20-21,23-24,26H,9-11,13H2,1-3H3/t14-,15-,16-,18-,20-,21-,23+,24-,25+/m0/s1. The number of rotatable bonds is 3. The van der Waals surface area contributed by atoms with Gasteiger partial charge in [-0.2, -0.15) is 0 Å². The van der Waals surface area contributed by atoms with E-state index in [9.17, 15) is 9.90 Å². The van der Waals surface area contributed by atoms with Crippen molar-refractivity contribution in [2.24, 2.45) is 40.9 Å². The van der Waals surface area contributed by atoms with Crippen molar-refractivity contribution in [1.29, 1.82) is 0 Å². The fraction of sp³-hybridized carbons (Fsp3) is 0.640. The molecule has 1 aromatic carbocycles. The van der Waals surface area contributed by atoms with Crippen LogP contribution < -0.4 is 0 Å². The summed E-state index contributed by atoms with van der Waals surface area (Å²) < 4.78 is 6.44. The number of hydrogen-bond donors (Lipinski definition) is 1. The van der Waals surface area contributed by atoms with Crippen molar-refractivity contribution in [2.75, 3.05) is 0 Å². The first-order valence-electron chi connectivity index (χ1n) is 11.0. The monoisotopic (exact) mass is 380 g/mol. The van der Waals surface area contributed by atoms with Crippen LogP contribution in [0, 0.1) is 40.9 Å². The molecular weight excluding hydrogens is 348 g/mol. The molecule has 0 heterocycles. The maximum atomic E-state index is 13.3. The van der Waals surface area contributed by atoms with Crippen LogP contribution in [-0.2, 0) is 16.1 Å². The van der Waals surface area contributed by atoms with Crippen molar-refractivity contribution >= 4 is 5.78 Å². The smallest absolute Gasteiger partial charge is 0.144 e. The Bertz CT molecular complexity index is 799. The minimum Gasteiger partial charge on any atom is -0.393 e. The first-order chi connectivity index (χ1) is 13.4. The average Bonchev–Trinajstić information content (AvgIpc) is 3.23. The maximum Gasteiger partial charge on any atom is 0.144 e. The molecule has 3 heteroatoms. The normalized spacial score (nSPS) is 46.9. The SMILES string of the molecule is C[C@H]1CC(=O)[C@@]23C1=C[C@@H]1[C@H]([C@@H]2[C@@H](O)C[C@@H]3C)[C@@H](C)C[C@@H]1OCc1ccccc1. The number of aliphatic hydroxyl groups is 1. The highest BCUT2D eigenvalue weighted by Crippen LogP contribution is 2.68. The Balaban J connectivity index is 1.50. The lowest BCUT2D eigenvalue weighted by molar-refractivity contribution is -0.132. The Morgan fingerprint density at radius 3 is 2.64 bits per heavy atom. The zero-order chi connectivity index (χ0) is 19.6. The fourth-order valence-corrected chi connectivity index (χ4v) is 7.54. The topological polar surface area (TPSA) is 46.5 Å². The predicted octanol–water partition coefficient (Wildman–Crippen LogP) is 4.40. The molecule has 9 atom stereocenters. The molecule has 0 saturated heterocycles. The number of allylic oxidation sites excluding steroid dienone is 1. The second-order valence-corrected chi connectivity index (χ2v) is 9.95. The molecular formula is C25H32O3. The van der Waals surface area contributed by atoms with Gasteiger partial charge in [-0.25, -0.2) is 0 Å². The zero-order valence-corrected chi connectivity index (χ0v) is 17.2. The first kappa shape index (κ1) is 18.6. The molecule has 0 aliphatic heterocycles.